The van der Waals surface area contributed by atoms with Gasteiger partial charge < -0.3 is 0 Å². The number of halogens is 3. The van der Waals surface area contributed by atoms with E-state index in [-0.39, 0.29) is 5.41 Å². The van der Waals surface area contributed by atoms with E-state index in [1.165, 1.54) is 0 Å². The highest BCUT2D eigenvalue weighted by Gasteiger charge is 2.37. The van der Waals surface area contributed by atoms with Crippen molar-refractivity contribution in [3.63, 3.8) is 0 Å². The molecular weight excluding hydrogens is 205 g/mol. The maximum absolute atomic E-state index is 12.0. The Kier molecular flexibility index (Phi) is 3.69. The second-order valence-corrected chi connectivity index (χ2v) is 5.63. The third-order valence-electron chi connectivity index (χ3n) is 2.69. The first-order valence-electron chi connectivity index (χ1n) is 5.40. The van der Waals surface area contributed by atoms with Crippen molar-refractivity contribution < 1.29 is 17.9 Å². The fourth-order valence-corrected chi connectivity index (χ4v) is 2.38. The zero-order valence-corrected chi connectivity index (χ0v) is 9.53. The summed E-state index contributed by atoms with van der Waals surface area (Å²) in [5.41, 5.74) is 0.192. The van der Waals surface area contributed by atoms with Crippen LogP contribution in [-0.2, 0) is 4.74 Å². The molecule has 0 radical (unpaired) electrons. The fourth-order valence-electron chi connectivity index (χ4n) is 2.38. The van der Waals surface area contributed by atoms with Crippen LogP contribution in [0.4, 0.5) is 13.2 Å². The zero-order valence-electron chi connectivity index (χ0n) is 9.53. The van der Waals surface area contributed by atoms with Crippen LogP contribution in [0.3, 0.4) is 0 Å². The smallest absolute Gasteiger partial charge is 0.289 e. The lowest BCUT2D eigenvalue weighted by Crippen LogP contribution is -2.22. The van der Waals surface area contributed by atoms with Gasteiger partial charge in [0.05, 0.1) is 6.10 Å². The standard InChI is InChI=1S/C11H19F3O/c1-10(2,3)7-8-4-5-9(6-8)15-11(12,13)14/h8-9H,4-7H2,1-3H3. The van der Waals surface area contributed by atoms with Crippen LogP contribution in [0.1, 0.15) is 46.5 Å². The molecule has 1 rings (SSSR count). The minimum absolute atomic E-state index is 0.192. The van der Waals surface area contributed by atoms with Gasteiger partial charge >= 0.3 is 6.36 Å². The molecule has 0 bridgehead atoms. The summed E-state index contributed by atoms with van der Waals surface area (Å²) < 4.78 is 39.9. The molecule has 0 saturated heterocycles. The van der Waals surface area contributed by atoms with E-state index < -0.39 is 12.5 Å². The Morgan fingerprint density at radius 2 is 1.73 bits per heavy atom. The highest BCUT2D eigenvalue weighted by molar-refractivity contribution is 4.80. The molecule has 0 amide bonds. The van der Waals surface area contributed by atoms with E-state index in [2.05, 4.69) is 25.5 Å². The third-order valence-corrected chi connectivity index (χ3v) is 2.69. The van der Waals surface area contributed by atoms with Crippen LogP contribution in [0.5, 0.6) is 0 Å². The number of alkyl halides is 3. The molecule has 0 aliphatic heterocycles. The van der Waals surface area contributed by atoms with Gasteiger partial charge in [-0.1, -0.05) is 20.8 Å². The van der Waals surface area contributed by atoms with E-state index in [1.54, 1.807) is 0 Å². The topological polar surface area (TPSA) is 9.23 Å². The predicted molar refractivity (Wildman–Crippen MR) is 52.3 cm³/mol. The van der Waals surface area contributed by atoms with Crippen LogP contribution in [0.15, 0.2) is 0 Å². The quantitative estimate of drug-likeness (QED) is 0.685. The van der Waals surface area contributed by atoms with Crippen molar-refractivity contribution in [1.82, 2.24) is 0 Å². The first kappa shape index (κ1) is 12.8. The summed E-state index contributed by atoms with van der Waals surface area (Å²) >= 11 is 0. The van der Waals surface area contributed by atoms with E-state index in [1.807, 2.05) is 0 Å². The average Bonchev–Trinajstić information content (AvgIpc) is 2.28. The van der Waals surface area contributed by atoms with Crippen molar-refractivity contribution in [2.75, 3.05) is 0 Å². The Balaban J connectivity index is 2.33. The molecule has 1 fully saturated rings. The number of ether oxygens (including phenoxy) is 1. The molecular formula is C11H19F3O. The maximum atomic E-state index is 12.0. The van der Waals surface area contributed by atoms with Gasteiger partial charge in [0.25, 0.3) is 0 Å². The molecule has 1 saturated carbocycles. The molecule has 15 heavy (non-hydrogen) atoms. The van der Waals surface area contributed by atoms with Crippen molar-refractivity contribution in [2.45, 2.75) is 58.9 Å². The Morgan fingerprint density at radius 3 is 2.20 bits per heavy atom. The molecule has 0 spiro atoms. The number of hydrogen-bond acceptors (Lipinski definition) is 1. The highest BCUT2D eigenvalue weighted by atomic mass is 19.4. The molecule has 2 unspecified atom stereocenters. The van der Waals surface area contributed by atoms with Gasteiger partial charge in [-0.25, -0.2) is 0 Å². The normalized spacial score (nSPS) is 28.4. The SMILES string of the molecule is CC(C)(C)CC1CCC(OC(F)(F)F)C1. The van der Waals surface area contributed by atoms with Gasteiger partial charge in [-0.05, 0) is 37.0 Å². The summed E-state index contributed by atoms with van der Waals surface area (Å²) in [6, 6.07) is 0. The van der Waals surface area contributed by atoms with Crippen LogP contribution < -0.4 is 0 Å². The first-order valence-corrected chi connectivity index (χ1v) is 5.40. The van der Waals surface area contributed by atoms with Crippen molar-refractivity contribution >= 4 is 0 Å². The second-order valence-electron chi connectivity index (χ2n) is 5.63. The lowest BCUT2D eigenvalue weighted by Gasteiger charge is -2.22. The predicted octanol–water partition coefficient (Wildman–Crippen LogP) is 4.13. The Morgan fingerprint density at radius 1 is 1.13 bits per heavy atom. The van der Waals surface area contributed by atoms with E-state index in [9.17, 15) is 13.2 Å². The molecule has 0 N–H and O–H groups in total. The minimum atomic E-state index is -4.47. The molecule has 1 aliphatic carbocycles. The van der Waals surface area contributed by atoms with Crippen LogP contribution >= 0.6 is 0 Å². The summed E-state index contributed by atoms with van der Waals surface area (Å²) in [7, 11) is 0. The van der Waals surface area contributed by atoms with Crippen LogP contribution in [-0.4, -0.2) is 12.5 Å². The van der Waals surface area contributed by atoms with Gasteiger partial charge in [-0.15, -0.1) is 13.2 Å². The second kappa shape index (κ2) is 4.32. The lowest BCUT2D eigenvalue weighted by molar-refractivity contribution is -0.341. The minimum Gasteiger partial charge on any atom is -0.289 e. The largest absolute Gasteiger partial charge is 0.522 e. The summed E-state index contributed by atoms with van der Waals surface area (Å²) in [4.78, 5) is 0. The van der Waals surface area contributed by atoms with Gasteiger partial charge in [0.15, 0.2) is 0 Å². The van der Waals surface area contributed by atoms with Crippen molar-refractivity contribution in [3.05, 3.63) is 0 Å². The maximum Gasteiger partial charge on any atom is 0.522 e. The van der Waals surface area contributed by atoms with Crippen LogP contribution in [0.25, 0.3) is 0 Å². The van der Waals surface area contributed by atoms with Crippen molar-refractivity contribution in [3.8, 4) is 0 Å². The van der Waals surface area contributed by atoms with E-state index in [0.29, 0.717) is 18.8 Å². The summed E-state index contributed by atoms with van der Waals surface area (Å²) in [5, 5.41) is 0. The Labute approximate surface area is 89.0 Å². The van der Waals surface area contributed by atoms with Gasteiger partial charge in [0.2, 0.25) is 0 Å². The third kappa shape index (κ3) is 5.40. The molecule has 1 aliphatic rings. The molecule has 0 heterocycles. The van der Waals surface area contributed by atoms with Gasteiger partial charge in [-0.3, -0.25) is 4.74 Å². The summed E-state index contributed by atoms with van der Waals surface area (Å²) in [6.45, 7) is 6.35. The Hall–Kier alpha value is -0.250. The van der Waals surface area contributed by atoms with Gasteiger partial charge in [-0.2, -0.15) is 0 Å². The average molecular weight is 224 g/mol. The van der Waals surface area contributed by atoms with Gasteiger partial charge in [0.1, 0.15) is 0 Å². The molecule has 2 atom stereocenters. The summed E-state index contributed by atoms with van der Waals surface area (Å²) in [5.74, 6) is 0.386. The van der Waals surface area contributed by atoms with E-state index in [4.69, 9.17) is 0 Å². The zero-order chi connectivity index (χ0) is 11.7. The monoisotopic (exact) mass is 224 g/mol. The Bertz CT molecular complexity index is 183. The van der Waals surface area contributed by atoms with E-state index >= 15 is 0 Å². The summed E-state index contributed by atoms with van der Waals surface area (Å²) in [6.07, 6.45) is -2.15. The van der Waals surface area contributed by atoms with Crippen molar-refractivity contribution in [2.24, 2.45) is 11.3 Å². The molecule has 0 aromatic heterocycles. The molecule has 90 valence electrons. The highest BCUT2D eigenvalue weighted by Crippen LogP contribution is 2.38. The van der Waals surface area contributed by atoms with Gasteiger partial charge in [0, 0.05) is 0 Å². The van der Waals surface area contributed by atoms with Crippen LogP contribution in [0, 0.1) is 11.3 Å². The first-order chi connectivity index (χ1) is 6.66. The number of hydrogen-bond donors (Lipinski definition) is 0. The molecule has 0 aromatic carbocycles. The fraction of sp³-hybridized carbons (Fsp3) is 1.00. The molecule has 4 heteroatoms. The van der Waals surface area contributed by atoms with Crippen molar-refractivity contribution in [1.29, 1.82) is 0 Å². The lowest BCUT2D eigenvalue weighted by atomic mass is 9.84. The number of rotatable bonds is 2. The molecule has 0 aromatic rings. The molecule has 1 nitrogen and oxygen atoms in total. The van der Waals surface area contributed by atoms with Crippen LogP contribution in [0.2, 0.25) is 0 Å². The van der Waals surface area contributed by atoms with E-state index in [0.717, 1.165) is 12.8 Å².